The molecule has 1 fully saturated rings. The van der Waals surface area contributed by atoms with Gasteiger partial charge in [0.15, 0.2) is 0 Å². The van der Waals surface area contributed by atoms with Gasteiger partial charge in [-0.3, -0.25) is 4.79 Å². The molecular formula is C16H27NO3Si. The molecule has 1 saturated heterocycles. The van der Waals surface area contributed by atoms with Crippen LogP contribution in [0.3, 0.4) is 0 Å². The molecule has 0 unspecified atom stereocenters. The first-order valence-corrected chi connectivity index (χ1v) is 11.7. The van der Waals surface area contributed by atoms with Crippen LogP contribution >= 0.6 is 0 Å². The van der Waals surface area contributed by atoms with Crippen LogP contribution in [0.15, 0.2) is 12.2 Å². The van der Waals surface area contributed by atoms with Crippen LogP contribution in [0.2, 0.25) is 25.7 Å². The molecule has 4 nitrogen and oxygen atoms in total. The molecule has 1 spiro atoms. The van der Waals surface area contributed by atoms with E-state index >= 15 is 0 Å². The van der Waals surface area contributed by atoms with Crippen LogP contribution in [0.5, 0.6) is 0 Å². The Morgan fingerprint density at radius 1 is 1.24 bits per heavy atom. The highest BCUT2D eigenvalue weighted by molar-refractivity contribution is 6.76. The molecule has 1 aliphatic heterocycles. The second kappa shape index (κ2) is 6.34. The predicted octanol–water partition coefficient (Wildman–Crippen LogP) is 3.81. The zero-order chi connectivity index (χ0) is 15.5. The Bertz CT molecular complexity index is 429. The van der Waals surface area contributed by atoms with E-state index in [0.717, 1.165) is 38.1 Å². The summed E-state index contributed by atoms with van der Waals surface area (Å²) in [5.74, 6) is -0.01000. The zero-order valence-electron chi connectivity index (χ0n) is 13.5. The maximum atomic E-state index is 12.6. The van der Waals surface area contributed by atoms with E-state index < -0.39 is 14.2 Å². The first-order chi connectivity index (χ1) is 9.84. The summed E-state index contributed by atoms with van der Waals surface area (Å²) in [5, 5.41) is 0. The Labute approximate surface area is 128 Å². The maximum Gasteiger partial charge on any atom is 0.416 e. The van der Waals surface area contributed by atoms with Gasteiger partial charge in [0.25, 0.3) is 0 Å². The van der Waals surface area contributed by atoms with Crippen LogP contribution in [0.1, 0.15) is 32.1 Å². The number of ether oxygens (including phenoxy) is 1. The molecule has 118 valence electrons. The van der Waals surface area contributed by atoms with Crippen LogP contribution < -0.4 is 0 Å². The fourth-order valence-corrected chi connectivity index (χ4v) is 3.78. The molecule has 21 heavy (non-hydrogen) atoms. The zero-order valence-corrected chi connectivity index (χ0v) is 14.5. The summed E-state index contributed by atoms with van der Waals surface area (Å²) in [6.07, 6.45) is 8.24. The monoisotopic (exact) mass is 309 g/mol. The fraction of sp³-hybridized carbons (Fsp3) is 0.750. The lowest BCUT2D eigenvalue weighted by Gasteiger charge is -2.25. The number of likely N-dealkylation sites (tertiary alicyclic amines) is 1. The molecule has 0 bridgehead atoms. The van der Waals surface area contributed by atoms with Gasteiger partial charge in [-0.25, -0.2) is 9.69 Å². The lowest BCUT2D eigenvalue weighted by molar-refractivity contribution is -0.135. The second-order valence-corrected chi connectivity index (χ2v) is 13.1. The molecule has 0 N–H and O–H groups in total. The molecule has 0 saturated carbocycles. The number of carbonyl (C=O) groups excluding carboxylic acids is 2. The molecule has 2 amide bonds. The average Bonchev–Trinajstić information content (AvgIpc) is 2.59. The van der Waals surface area contributed by atoms with Gasteiger partial charge in [0, 0.05) is 14.6 Å². The number of rotatable bonds is 3. The Morgan fingerprint density at radius 2 is 1.86 bits per heavy atom. The molecule has 1 aliphatic carbocycles. The standard InChI is InChI=1S/C16H27NO3Si/c1-21(2,3)13-12-20-15(19)17-11-10-16(14(17)18)8-6-4-5-7-9-16/h4-5H,6-13H2,1-3H3. The SMILES string of the molecule is C[Si](C)(C)CCOC(=O)N1CCC2(CCC=CCC2)C1=O. The van der Waals surface area contributed by atoms with Crippen molar-refractivity contribution in [3.63, 3.8) is 0 Å². The van der Waals surface area contributed by atoms with Crippen molar-refractivity contribution in [3.8, 4) is 0 Å². The third-order valence-corrected chi connectivity index (χ3v) is 6.26. The van der Waals surface area contributed by atoms with E-state index in [9.17, 15) is 9.59 Å². The van der Waals surface area contributed by atoms with E-state index in [-0.39, 0.29) is 11.3 Å². The van der Waals surface area contributed by atoms with Crippen molar-refractivity contribution in [2.45, 2.75) is 57.8 Å². The summed E-state index contributed by atoms with van der Waals surface area (Å²) >= 11 is 0. The number of carbonyl (C=O) groups is 2. The van der Waals surface area contributed by atoms with E-state index in [1.54, 1.807) is 0 Å². The molecule has 0 aromatic heterocycles. The van der Waals surface area contributed by atoms with Crippen molar-refractivity contribution < 1.29 is 14.3 Å². The fourth-order valence-electron chi connectivity index (χ4n) is 3.06. The van der Waals surface area contributed by atoms with Crippen molar-refractivity contribution in [1.82, 2.24) is 4.90 Å². The van der Waals surface area contributed by atoms with Crippen LogP contribution in [0.4, 0.5) is 4.79 Å². The molecule has 5 heteroatoms. The molecule has 2 aliphatic rings. The Hall–Kier alpha value is -1.10. The lowest BCUT2D eigenvalue weighted by atomic mass is 9.79. The number of hydrogen-bond donors (Lipinski definition) is 0. The lowest BCUT2D eigenvalue weighted by Crippen LogP contribution is -2.39. The quantitative estimate of drug-likeness (QED) is 0.588. The number of allylic oxidation sites excluding steroid dienone is 2. The van der Waals surface area contributed by atoms with Crippen molar-refractivity contribution in [2.24, 2.45) is 5.41 Å². The first kappa shape index (κ1) is 16.3. The van der Waals surface area contributed by atoms with Gasteiger partial charge in [0.2, 0.25) is 5.91 Å². The van der Waals surface area contributed by atoms with Crippen LogP contribution in [0.25, 0.3) is 0 Å². The van der Waals surface area contributed by atoms with Gasteiger partial charge in [-0.05, 0) is 38.1 Å². The summed E-state index contributed by atoms with van der Waals surface area (Å²) in [6.45, 7) is 7.69. The third kappa shape index (κ3) is 3.96. The Balaban J connectivity index is 1.90. The molecule has 0 atom stereocenters. The average molecular weight is 309 g/mol. The van der Waals surface area contributed by atoms with Crippen LogP contribution in [-0.4, -0.2) is 38.1 Å². The Morgan fingerprint density at radius 3 is 2.43 bits per heavy atom. The van der Waals surface area contributed by atoms with Gasteiger partial charge in [-0.2, -0.15) is 0 Å². The molecule has 2 rings (SSSR count). The minimum absolute atomic E-state index is 0.01000. The number of amides is 2. The van der Waals surface area contributed by atoms with E-state index in [2.05, 4.69) is 31.8 Å². The second-order valence-electron chi connectivity index (χ2n) is 7.46. The van der Waals surface area contributed by atoms with Gasteiger partial charge in [-0.1, -0.05) is 31.8 Å². The largest absolute Gasteiger partial charge is 0.449 e. The molecule has 0 radical (unpaired) electrons. The first-order valence-electron chi connectivity index (χ1n) is 7.98. The molecule has 0 aromatic carbocycles. The Kier molecular flexibility index (Phi) is 4.91. The third-order valence-electron chi connectivity index (χ3n) is 4.56. The summed E-state index contributed by atoms with van der Waals surface area (Å²) < 4.78 is 5.32. The molecule has 0 aromatic rings. The van der Waals surface area contributed by atoms with Crippen molar-refractivity contribution in [1.29, 1.82) is 0 Å². The van der Waals surface area contributed by atoms with Gasteiger partial charge in [-0.15, -0.1) is 0 Å². The smallest absolute Gasteiger partial charge is 0.416 e. The van der Waals surface area contributed by atoms with E-state index in [0.29, 0.717) is 13.2 Å². The summed E-state index contributed by atoms with van der Waals surface area (Å²) in [7, 11) is -1.21. The van der Waals surface area contributed by atoms with Gasteiger partial charge < -0.3 is 4.74 Å². The van der Waals surface area contributed by atoms with Gasteiger partial charge in [0.1, 0.15) is 0 Å². The number of hydrogen-bond acceptors (Lipinski definition) is 3. The number of nitrogens with zero attached hydrogens (tertiary/aromatic N) is 1. The minimum Gasteiger partial charge on any atom is -0.449 e. The van der Waals surface area contributed by atoms with Gasteiger partial charge in [0.05, 0.1) is 12.0 Å². The summed E-state index contributed by atoms with van der Waals surface area (Å²) in [5.41, 5.74) is -0.318. The highest BCUT2D eigenvalue weighted by Gasteiger charge is 2.48. The normalized spacial score (nSPS) is 21.7. The van der Waals surface area contributed by atoms with Crippen LogP contribution in [-0.2, 0) is 9.53 Å². The molecule has 1 heterocycles. The van der Waals surface area contributed by atoms with Crippen molar-refractivity contribution in [3.05, 3.63) is 12.2 Å². The van der Waals surface area contributed by atoms with E-state index in [1.165, 1.54) is 4.90 Å². The number of imide groups is 1. The topological polar surface area (TPSA) is 46.6 Å². The minimum atomic E-state index is -1.21. The summed E-state index contributed by atoms with van der Waals surface area (Å²) in [4.78, 5) is 26.1. The predicted molar refractivity (Wildman–Crippen MR) is 85.9 cm³/mol. The molecular weight excluding hydrogens is 282 g/mol. The summed E-state index contributed by atoms with van der Waals surface area (Å²) in [6, 6.07) is 0.940. The maximum absolute atomic E-state index is 12.6. The van der Waals surface area contributed by atoms with Crippen molar-refractivity contribution in [2.75, 3.05) is 13.2 Å². The van der Waals surface area contributed by atoms with Crippen molar-refractivity contribution >= 4 is 20.1 Å². The van der Waals surface area contributed by atoms with Gasteiger partial charge >= 0.3 is 6.09 Å². The van der Waals surface area contributed by atoms with E-state index in [4.69, 9.17) is 4.74 Å². The van der Waals surface area contributed by atoms with E-state index in [1.807, 2.05) is 0 Å². The van der Waals surface area contributed by atoms with Crippen LogP contribution in [0, 0.1) is 5.41 Å². The highest BCUT2D eigenvalue weighted by atomic mass is 28.3. The highest BCUT2D eigenvalue weighted by Crippen LogP contribution is 2.42.